The second-order valence-electron chi connectivity index (χ2n) is 4.65. The molecular formula is C16H21ClN2O. The van der Waals surface area contributed by atoms with Gasteiger partial charge >= 0.3 is 0 Å². The Morgan fingerprint density at radius 3 is 2.25 bits per heavy atom. The van der Waals surface area contributed by atoms with Crippen molar-refractivity contribution in [1.29, 1.82) is 10.5 Å². The largest absolute Gasteiger partial charge is 0.381 e. The quantitative estimate of drug-likeness (QED) is 0.683. The van der Waals surface area contributed by atoms with Crippen LogP contribution in [0.2, 0.25) is 0 Å². The Kier molecular flexibility index (Phi) is 9.47. The minimum absolute atomic E-state index is 0. The topological polar surface area (TPSA) is 56.8 Å². The first-order chi connectivity index (χ1) is 9.26. The second-order valence-corrected chi connectivity index (χ2v) is 4.65. The molecule has 0 aliphatic heterocycles. The average molecular weight is 293 g/mol. The molecule has 20 heavy (non-hydrogen) atoms. The summed E-state index contributed by atoms with van der Waals surface area (Å²) in [5.41, 5.74) is 0.365. The minimum Gasteiger partial charge on any atom is -0.381 e. The molecule has 1 rings (SSSR count). The molecule has 0 unspecified atom stereocenters. The number of nitrogens with zero attached hydrogens (tertiary/aromatic N) is 2. The van der Waals surface area contributed by atoms with Gasteiger partial charge in [0, 0.05) is 13.0 Å². The number of ether oxygens (including phenoxy) is 1. The van der Waals surface area contributed by atoms with Gasteiger partial charge in [-0.3, -0.25) is 0 Å². The van der Waals surface area contributed by atoms with Gasteiger partial charge in [0.2, 0.25) is 0 Å². The van der Waals surface area contributed by atoms with E-state index in [4.69, 9.17) is 15.3 Å². The van der Waals surface area contributed by atoms with Crippen molar-refractivity contribution in [3.8, 4) is 12.1 Å². The van der Waals surface area contributed by atoms with E-state index < -0.39 is 5.41 Å². The molecule has 0 aromatic heterocycles. The van der Waals surface area contributed by atoms with Gasteiger partial charge < -0.3 is 4.74 Å². The summed E-state index contributed by atoms with van der Waals surface area (Å²) >= 11 is 0. The summed E-state index contributed by atoms with van der Waals surface area (Å²) in [7, 11) is 0. The summed E-state index contributed by atoms with van der Waals surface area (Å²) in [6.45, 7) is 3.08. The van der Waals surface area contributed by atoms with E-state index in [2.05, 4.69) is 24.3 Å². The first-order valence-corrected chi connectivity index (χ1v) is 6.70. The number of nitriles is 2. The van der Waals surface area contributed by atoms with Gasteiger partial charge in [-0.15, -0.1) is 12.4 Å². The van der Waals surface area contributed by atoms with Gasteiger partial charge in [-0.25, -0.2) is 0 Å². The smallest absolute Gasteiger partial charge is 0.146 e. The van der Waals surface area contributed by atoms with Crippen LogP contribution in [0.25, 0.3) is 0 Å². The van der Waals surface area contributed by atoms with Gasteiger partial charge in [-0.05, 0) is 18.4 Å². The molecule has 4 heteroatoms. The maximum Gasteiger partial charge on any atom is 0.146 e. The molecule has 0 heterocycles. The molecule has 3 nitrogen and oxygen atoms in total. The first-order valence-electron chi connectivity index (χ1n) is 6.70. The molecule has 0 saturated heterocycles. The van der Waals surface area contributed by atoms with Gasteiger partial charge in [0.1, 0.15) is 5.41 Å². The fourth-order valence-corrected chi connectivity index (χ4v) is 1.98. The molecule has 0 atom stereocenters. The maximum absolute atomic E-state index is 9.11. The van der Waals surface area contributed by atoms with Crippen molar-refractivity contribution in [2.24, 2.45) is 5.41 Å². The van der Waals surface area contributed by atoms with E-state index in [0.29, 0.717) is 26.1 Å². The lowest BCUT2D eigenvalue weighted by atomic mass is 9.84. The third kappa shape index (κ3) is 6.06. The van der Waals surface area contributed by atoms with Crippen LogP contribution < -0.4 is 0 Å². The lowest BCUT2D eigenvalue weighted by molar-refractivity contribution is 0.118. The van der Waals surface area contributed by atoms with Crippen molar-refractivity contribution in [3.63, 3.8) is 0 Å². The summed E-state index contributed by atoms with van der Waals surface area (Å²) in [5, 5.41) is 18.2. The Bertz CT molecular complexity index is 434. The van der Waals surface area contributed by atoms with Gasteiger partial charge in [0.05, 0.1) is 18.7 Å². The van der Waals surface area contributed by atoms with Crippen LogP contribution in [0.4, 0.5) is 0 Å². The predicted molar refractivity (Wildman–Crippen MR) is 81.4 cm³/mol. The molecule has 0 radical (unpaired) electrons. The van der Waals surface area contributed by atoms with Crippen LogP contribution in [-0.2, 0) is 11.2 Å². The van der Waals surface area contributed by atoms with E-state index in [9.17, 15) is 0 Å². The Balaban J connectivity index is 0.00000361. The van der Waals surface area contributed by atoms with Crippen LogP contribution in [-0.4, -0.2) is 13.2 Å². The second kappa shape index (κ2) is 10.3. The Morgan fingerprint density at radius 2 is 1.70 bits per heavy atom. The van der Waals surface area contributed by atoms with E-state index in [1.54, 1.807) is 0 Å². The van der Waals surface area contributed by atoms with E-state index in [1.165, 1.54) is 5.56 Å². The van der Waals surface area contributed by atoms with Gasteiger partial charge in [0.15, 0.2) is 0 Å². The summed E-state index contributed by atoms with van der Waals surface area (Å²) in [5.74, 6) is 0. The van der Waals surface area contributed by atoms with Crippen molar-refractivity contribution in [1.82, 2.24) is 0 Å². The predicted octanol–water partition coefficient (Wildman–Crippen LogP) is 3.89. The van der Waals surface area contributed by atoms with E-state index in [0.717, 1.165) is 12.8 Å². The monoisotopic (exact) mass is 292 g/mol. The van der Waals surface area contributed by atoms with Crippen molar-refractivity contribution < 1.29 is 4.74 Å². The lowest BCUT2D eigenvalue weighted by Crippen LogP contribution is -2.19. The molecule has 0 fully saturated rings. The molecule has 0 spiro atoms. The fraction of sp³-hybridized carbons (Fsp3) is 0.500. The highest BCUT2D eigenvalue weighted by Gasteiger charge is 2.28. The number of hydrogen-bond acceptors (Lipinski definition) is 3. The first kappa shape index (κ1) is 18.4. The molecule has 1 aromatic carbocycles. The Labute approximate surface area is 127 Å². The van der Waals surface area contributed by atoms with Crippen LogP contribution in [0.3, 0.4) is 0 Å². The standard InChI is InChI=1S/C16H20N2O.ClH/c1-2-9-16(13-17,14-18)10-12-19-11-8-15-6-4-3-5-7-15;/h3-7H,2,8-12H2,1H3;1H. The molecule has 0 saturated carbocycles. The van der Waals surface area contributed by atoms with Crippen LogP contribution in [0.5, 0.6) is 0 Å². The summed E-state index contributed by atoms with van der Waals surface area (Å²) in [6, 6.07) is 14.4. The van der Waals surface area contributed by atoms with Crippen molar-refractivity contribution in [2.45, 2.75) is 32.6 Å². The fourth-order valence-electron chi connectivity index (χ4n) is 1.98. The minimum atomic E-state index is -0.874. The normalized spacial score (nSPS) is 10.2. The molecule has 0 bridgehead atoms. The van der Waals surface area contributed by atoms with Crippen molar-refractivity contribution >= 4 is 12.4 Å². The maximum atomic E-state index is 9.11. The zero-order chi connectivity index (χ0) is 14.0. The molecule has 108 valence electrons. The molecule has 0 amide bonds. The molecule has 1 aromatic rings. The molecule has 0 aliphatic carbocycles. The molecule has 0 aliphatic rings. The summed E-state index contributed by atoms with van der Waals surface area (Å²) in [4.78, 5) is 0. The van der Waals surface area contributed by atoms with Crippen molar-refractivity contribution in [2.75, 3.05) is 13.2 Å². The van der Waals surface area contributed by atoms with Gasteiger partial charge in [-0.1, -0.05) is 43.7 Å². The number of rotatable bonds is 8. The highest BCUT2D eigenvalue weighted by Crippen LogP contribution is 2.26. The van der Waals surface area contributed by atoms with E-state index in [-0.39, 0.29) is 12.4 Å². The number of benzene rings is 1. The SMILES string of the molecule is CCCC(C#N)(C#N)CCOCCc1ccccc1.Cl. The highest BCUT2D eigenvalue weighted by atomic mass is 35.5. The van der Waals surface area contributed by atoms with E-state index in [1.807, 2.05) is 25.1 Å². The third-order valence-corrected chi connectivity index (χ3v) is 3.16. The molecular weight excluding hydrogens is 272 g/mol. The number of hydrogen-bond donors (Lipinski definition) is 0. The zero-order valence-electron chi connectivity index (χ0n) is 11.8. The van der Waals surface area contributed by atoms with Crippen LogP contribution in [0.15, 0.2) is 30.3 Å². The Morgan fingerprint density at radius 1 is 1.05 bits per heavy atom. The van der Waals surface area contributed by atoms with Crippen molar-refractivity contribution in [3.05, 3.63) is 35.9 Å². The summed E-state index contributed by atoms with van der Waals surface area (Å²) < 4.78 is 5.54. The Hall–Kier alpha value is -1.55. The summed E-state index contributed by atoms with van der Waals surface area (Å²) in [6.07, 6.45) is 2.80. The lowest BCUT2D eigenvalue weighted by Gasteiger charge is -2.17. The third-order valence-electron chi connectivity index (χ3n) is 3.16. The highest BCUT2D eigenvalue weighted by molar-refractivity contribution is 5.85. The van der Waals surface area contributed by atoms with Crippen LogP contribution in [0.1, 0.15) is 31.7 Å². The van der Waals surface area contributed by atoms with Crippen LogP contribution in [0, 0.1) is 28.1 Å². The number of halogens is 1. The average Bonchev–Trinajstić information content (AvgIpc) is 2.47. The van der Waals surface area contributed by atoms with Gasteiger partial charge in [-0.2, -0.15) is 10.5 Å². The van der Waals surface area contributed by atoms with Crippen LogP contribution >= 0.6 is 12.4 Å². The zero-order valence-corrected chi connectivity index (χ0v) is 12.7. The molecule has 0 N–H and O–H groups in total. The van der Waals surface area contributed by atoms with E-state index >= 15 is 0 Å². The van der Waals surface area contributed by atoms with Gasteiger partial charge in [0.25, 0.3) is 0 Å².